The first-order valence-corrected chi connectivity index (χ1v) is 7.32. The lowest BCUT2D eigenvalue weighted by Gasteiger charge is -2.04. The molecule has 2 rings (SSSR count). The van der Waals surface area contributed by atoms with E-state index in [9.17, 15) is 4.79 Å². The Kier molecular flexibility index (Phi) is 5.13. The van der Waals surface area contributed by atoms with Crippen LogP contribution >= 0.6 is 22.9 Å². The highest BCUT2D eigenvalue weighted by Gasteiger charge is 2.11. The van der Waals surface area contributed by atoms with Crippen LogP contribution in [-0.2, 0) is 4.74 Å². The van der Waals surface area contributed by atoms with Crippen LogP contribution in [0.25, 0.3) is 0 Å². The standard InChI is InChI=1S/C13H13ClN4O2S/c1-2-20-12(19)9-4-3-8(5-10(9)14)6-16-18-13-17-11(15)7-21-13/h3-7H,2,15H2,1H3,(H,17,18). The number of esters is 1. The molecule has 0 spiro atoms. The predicted octanol–water partition coefficient (Wildman–Crippen LogP) is 3.00. The van der Waals surface area contributed by atoms with Gasteiger partial charge in [0.2, 0.25) is 5.13 Å². The fourth-order valence-corrected chi connectivity index (χ4v) is 2.30. The molecule has 1 aromatic carbocycles. The molecule has 1 aromatic heterocycles. The molecule has 0 radical (unpaired) electrons. The van der Waals surface area contributed by atoms with Crippen LogP contribution in [-0.4, -0.2) is 23.8 Å². The molecule has 0 atom stereocenters. The largest absolute Gasteiger partial charge is 0.462 e. The lowest BCUT2D eigenvalue weighted by molar-refractivity contribution is 0.0526. The van der Waals surface area contributed by atoms with Crippen molar-refractivity contribution in [1.29, 1.82) is 0 Å². The van der Waals surface area contributed by atoms with E-state index in [-0.39, 0.29) is 0 Å². The first-order valence-electron chi connectivity index (χ1n) is 6.07. The molecule has 0 aliphatic heterocycles. The molecule has 8 heteroatoms. The Labute approximate surface area is 130 Å². The fourth-order valence-electron chi connectivity index (χ4n) is 1.49. The van der Waals surface area contributed by atoms with Gasteiger partial charge >= 0.3 is 5.97 Å². The third-order valence-corrected chi connectivity index (χ3v) is 3.46. The third-order valence-electron chi connectivity index (χ3n) is 2.38. The molecule has 1 heterocycles. The summed E-state index contributed by atoms with van der Waals surface area (Å²) in [6.07, 6.45) is 1.57. The van der Waals surface area contributed by atoms with E-state index >= 15 is 0 Å². The van der Waals surface area contributed by atoms with Gasteiger partial charge in [0.05, 0.1) is 23.4 Å². The van der Waals surface area contributed by atoms with Gasteiger partial charge in [-0.15, -0.1) is 11.3 Å². The molecular weight excluding hydrogens is 312 g/mol. The SMILES string of the molecule is CCOC(=O)c1ccc(C=NNc2nc(N)cs2)cc1Cl. The average Bonchev–Trinajstić information content (AvgIpc) is 2.85. The number of thiazole rings is 1. The van der Waals surface area contributed by atoms with Crippen molar-refractivity contribution in [3.63, 3.8) is 0 Å². The molecule has 0 fully saturated rings. The maximum absolute atomic E-state index is 11.6. The highest BCUT2D eigenvalue weighted by molar-refractivity contribution is 7.14. The van der Waals surface area contributed by atoms with E-state index in [1.54, 1.807) is 36.7 Å². The number of carbonyl (C=O) groups excluding carboxylic acids is 1. The second kappa shape index (κ2) is 7.05. The summed E-state index contributed by atoms with van der Waals surface area (Å²) in [7, 11) is 0. The van der Waals surface area contributed by atoms with Gasteiger partial charge in [-0.25, -0.2) is 9.78 Å². The van der Waals surface area contributed by atoms with Gasteiger partial charge in [-0.2, -0.15) is 5.10 Å². The van der Waals surface area contributed by atoms with Gasteiger partial charge in [0, 0.05) is 5.38 Å². The number of hydrazone groups is 1. The topological polar surface area (TPSA) is 89.6 Å². The predicted molar refractivity (Wildman–Crippen MR) is 85.2 cm³/mol. The van der Waals surface area contributed by atoms with E-state index < -0.39 is 5.97 Å². The number of hydrogen-bond donors (Lipinski definition) is 2. The molecular formula is C13H13ClN4O2S. The van der Waals surface area contributed by atoms with Crippen LogP contribution in [0.1, 0.15) is 22.8 Å². The number of nitrogens with zero attached hydrogens (tertiary/aromatic N) is 2. The number of hydrogen-bond acceptors (Lipinski definition) is 7. The summed E-state index contributed by atoms with van der Waals surface area (Å²) in [5.41, 5.74) is 9.32. The summed E-state index contributed by atoms with van der Waals surface area (Å²) in [5, 5.41) is 6.64. The Morgan fingerprint density at radius 3 is 3.05 bits per heavy atom. The van der Waals surface area contributed by atoms with Crippen LogP contribution in [0, 0.1) is 0 Å². The first-order chi connectivity index (χ1) is 10.1. The summed E-state index contributed by atoms with van der Waals surface area (Å²) >= 11 is 7.40. The minimum atomic E-state index is -0.442. The quantitative estimate of drug-likeness (QED) is 0.501. The van der Waals surface area contributed by atoms with E-state index in [4.69, 9.17) is 22.1 Å². The van der Waals surface area contributed by atoms with Crippen LogP contribution < -0.4 is 11.2 Å². The van der Waals surface area contributed by atoms with Gasteiger partial charge in [0.25, 0.3) is 0 Å². The monoisotopic (exact) mass is 324 g/mol. The molecule has 21 heavy (non-hydrogen) atoms. The number of ether oxygens (including phenoxy) is 1. The second-order valence-corrected chi connectivity index (χ2v) is 5.17. The summed E-state index contributed by atoms with van der Waals surface area (Å²) < 4.78 is 4.90. The Hall–Kier alpha value is -2.12. The lowest BCUT2D eigenvalue weighted by atomic mass is 10.1. The normalized spacial score (nSPS) is 10.8. The minimum absolute atomic E-state index is 0.305. The lowest BCUT2D eigenvalue weighted by Crippen LogP contribution is -2.05. The molecule has 110 valence electrons. The van der Waals surface area contributed by atoms with E-state index in [1.165, 1.54) is 11.3 Å². The van der Waals surface area contributed by atoms with Gasteiger partial charge in [-0.3, -0.25) is 5.43 Å². The molecule has 0 unspecified atom stereocenters. The molecule has 0 saturated heterocycles. The molecule has 0 aliphatic carbocycles. The van der Waals surface area contributed by atoms with Crippen LogP contribution in [0.3, 0.4) is 0 Å². The number of aromatic nitrogens is 1. The molecule has 0 amide bonds. The highest BCUT2D eigenvalue weighted by Crippen LogP contribution is 2.19. The zero-order valence-electron chi connectivity index (χ0n) is 11.2. The maximum atomic E-state index is 11.6. The number of halogens is 1. The maximum Gasteiger partial charge on any atom is 0.339 e. The number of nitrogens with one attached hydrogen (secondary N) is 1. The smallest absolute Gasteiger partial charge is 0.339 e. The summed E-state index contributed by atoms with van der Waals surface area (Å²) in [6.45, 7) is 2.04. The Bertz CT molecular complexity index is 672. The van der Waals surface area contributed by atoms with Crippen LogP contribution in [0.5, 0.6) is 0 Å². The van der Waals surface area contributed by atoms with E-state index in [1.807, 2.05) is 0 Å². The van der Waals surface area contributed by atoms with Crippen molar-refractivity contribution >= 4 is 46.1 Å². The van der Waals surface area contributed by atoms with E-state index in [0.717, 1.165) is 5.56 Å². The molecule has 6 nitrogen and oxygen atoms in total. The van der Waals surface area contributed by atoms with Gasteiger partial charge in [-0.05, 0) is 24.6 Å². The molecule has 2 aromatic rings. The summed E-state index contributed by atoms with van der Waals surface area (Å²) in [4.78, 5) is 15.6. The molecule has 0 aliphatic rings. The van der Waals surface area contributed by atoms with E-state index in [0.29, 0.717) is 28.1 Å². The zero-order chi connectivity index (χ0) is 15.2. The van der Waals surface area contributed by atoms with Crippen molar-refractivity contribution in [2.24, 2.45) is 5.10 Å². The van der Waals surface area contributed by atoms with Gasteiger partial charge in [0.1, 0.15) is 5.82 Å². The van der Waals surface area contributed by atoms with Crippen molar-refractivity contribution in [3.05, 3.63) is 39.7 Å². The Morgan fingerprint density at radius 2 is 2.43 bits per heavy atom. The number of anilines is 2. The first kappa shape index (κ1) is 15.3. The molecule has 3 N–H and O–H groups in total. The van der Waals surface area contributed by atoms with Crippen molar-refractivity contribution < 1.29 is 9.53 Å². The van der Waals surface area contributed by atoms with Gasteiger partial charge < -0.3 is 10.5 Å². The van der Waals surface area contributed by atoms with Crippen LogP contribution in [0.2, 0.25) is 5.02 Å². The van der Waals surface area contributed by atoms with Gasteiger partial charge in [0.15, 0.2) is 0 Å². The number of nitrogen functional groups attached to an aromatic ring is 1. The van der Waals surface area contributed by atoms with Crippen molar-refractivity contribution in [2.75, 3.05) is 17.8 Å². The Morgan fingerprint density at radius 1 is 1.62 bits per heavy atom. The van der Waals surface area contributed by atoms with E-state index in [2.05, 4.69) is 15.5 Å². The number of rotatable bonds is 5. The molecule has 0 bridgehead atoms. The Balaban J connectivity index is 2.04. The number of carbonyl (C=O) groups is 1. The summed E-state index contributed by atoms with van der Waals surface area (Å²) in [6, 6.07) is 4.96. The number of benzene rings is 1. The minimum Gasteiger partial charge on any atom is -0.462 e. The second-order valence-electron chi connectivity index (χ2n) is 3.91. The highest BCUT2D eigenvalue weighted by atomic mass is 35.5. The number of nitrogens with two attached hydrogens (primary N) is 1. The van der Waals surface area contributed by atoms with Gasteiger partial charge in [-0.1, -0.05) is 17.7 Å². The zero-order valence-corrected chi connectivity index (χ0v) is 12.7. The van der Waals surface area contributed by atoms with Crippen molar-refractivity contribution in [1.82, 2.24) is 4.98 Å². The fraction of sp³-hybridized carbons (Fsp3) is 0.154. The third kappa shape index (κ3) is 4.17. The van der Waals surface area contributed by atoms with Crippen LogP contribution in [0.15, 0.2) is 28.7 Å². The van der Waals surface area contributed by atoms with Crippen molar-refractivity contribution in [3.8, 4) is 0 Å². The summed E-state index contributed by atoms with van der Waals surface area (Å²) in [5.74, 6) is 0.00177. The average molecular weight is 325 g/mol. The van der Waals surface area contributed by atoms with Crippen molar-refractivity contribution in [2.45, 2.75) is 6.92 Å². The molecule has 0 saturated carbocycles. The van der Waals surface area contributed by atoms with Crippen LogP contribution in [0.4, 0.5) is 10.9 Å².